The number of ether oxygens (including phenoxy) is 1. The van der Waals surface area contributed by atoms with Crippen molar-refractivity contribution >= 4 is 5.97 Å². The first-order chi connectivity index (χ1) is 8.74. The van der Waals surface area contributed by atoms with Crippen molar-refractivity contribution in [1.82, 2.24) is 10.1 Å². The Hall–Kier alpha value is -2.17. The number of carbonyl (C=O) groups is 1. The average Bonchev–Trinajstić information content (AvgIpc) is 2.97. The lowest BCUT2D eigenvalue weighted by Gasteiger charge is -2.10. The van der Waals surface area contributed by atoms with Crippen LogP contribution >= 0.6 is 0 Å². The monoisotopic (exact) mass is 244 g/mol. The maximum Gasteiger partial charge on any atom is 0.377 e. The minimum Gasteiger partial charge on any atom is -0.450 e. The van der Waals surface area contributed by atoms with E-state index in [1.165, 1.54) is 0 Å². The highest BCUT2D eigenvalue weighted by Gasteiger charge is 2.28. The molecule has 0 spiro atoms. The molecule has 0 amide bonds. The molecule has 0 radical (unpaired) electrons. The van der Waals surface area contributed by atoms with E-state index in [0.717, 1.165) is 24.1 Å². The number of hydrogen-bond acceptors (Lipinski definition) is 5. The Morgan fingerprint density at radius 2 is 2.44 bits per heavy atom. The third-order valence-corrected chi connectivity index (χ3v) is 2.99. The number of rotatable bonds is 2. The summed E-state index contributed by atoms with van der Waals surface area (Å²) in [5.74, 6) is -0.351. The van der Waals surface area contributed by atoms with Gasteiger partial charge in [-0.2, -0.15) is 0 Å². The SMILES string of the molecule is Cc1cc(C(=O)O[C@@H]2CCc3cccnc32)on1. The van der Waals surface area contributed by atoms with Crippen LogP contribution < -0.4 is 0 Å². The van der Waals surface area contributed by atoms with E-state index in [2.05, 4.69) is 10.1 Å². The molecular formula is C13H12N2O3. The lowest BCUT2D eigenvalue weighted by molar-refractivity contribution is 0.0247. The van der Waals surface area contributed by atoms with Gasteiger partial charge < -0.3 is 9.26 Å². The van der Waals surface area contributed by atoms with E-state index in [0.29, 0.717) is 5.69 Å². The summed E-state index contributed by atoms with van der Waals surface area (Å²) in [6.07, 6.45) is 3.09. The van der Waals surface area contributed by atoms with Crippen molar-refractivity contribution in [2.45, 2.75) is 25.9 Å². The second-order valence-corrected chi connectivity index (χ2v) is 4.31. The fourth-order valence-corrected chi connectivity index (χ4v) is 2.14. The Balaban J connectivity index is 1.77. The number of pyridine rings is 1. The molecule has 0 aliphatic heterocycles. The van der Waals surface area contributed by atoms with Crippen molar-refractivity contribution in [3.05, 3.63) is 47.1 Å². The van der Waals surface area contributed by atoms with Crippen molar-refractivity contribution in [3.8, 4) is 0 Å². The van der Waals surface area contributed by atoms with Crippen LogP contribution in [-0.4, -0.2) is 16.1 Å². The summed E-state index contributed by atoms with van der Waals surface area (Å²) >= 11 is 0. The first-order valence-corrected chi connectivity index (χ1v) is 5.82. The van der Waals surface area contributed by atoms with Crippen LogP contribution in [0, 0.1) is 6.92 Å². The molecule has 5 heteroatoms. The molecule has 1 atom stereocenters. The highest BCUT2D eigenvalue weighted by atomic mass is 16.6. The predicted molar refractivity (Wildman–Crippen MR) is 62.0 cm³/mol. The number of nitrogens with zero attached hydrogens (tertiary/aromatic N) is 2. The third-order valence-electron chi connectivity index (χ3n) is 2.99. The highest BCUT2D eigenvalue weighted by Crippen LogP contribution is 2.32. The first kappa shape index (κ1) is 11.0. The summed E-state index contributed by atoms with van der Waals surface area (Å²) in [6.45, 7) is 1.76. The van der Waals surface area contributed by atoms with E-state index in [1.54, 1.807) is 19.2 Å². The molecular weight excluding hydrogens is 232 g/mol. The van der Waals surface area contributed by atoms with Crippen LogP contribution in [0.3, 0.4) is 0 Å². The van der Waals surface area contributed by atoms with E-state index < -0.39 is 5.97 Å². The Morgan fingerprint density at radius 3 is 3.22 bits per heavy atom. The van der Waals surface area contributed by atoms with E-state index in [9.17, 15) is 4.79 Å². The molecule has 2 aromatic heterocycles. The Morgan fingerprint density at radius 1 is 1.56 bits per heavy atom. The summed E-state index contributed by atoms with van der Waals surface area (Å²) < 4.78 is 10.3. The van der Waals surface area contributed by atoms with Gasteiger partial charge in [0.05, 0.1) is 11.4 Å². The molecule has 3 rings (SSSR count). The third kappa shape index (κ3) is 1.88. The summed E-state index contributed by atoms with van der Waals surface area (Å²) in [7, 11) is 0. The molecule has 2 aromatic rings. The van der Waals surface area contributed by atoms with Gasteiger partial charge in [-0.25, -0.2) is 4.79 Å². The zero-order valence-corrected chi connectivity index (χ0v) is 9.92. The highest BCUT2D eigenvalue weighted by molar-refractivity contribution is 5.86. The van der Waals surface area contributed by atoms with Crippen LogP contribution in [-0.2, 0) is 11.2 Å². The van der Waals surface area contributed by atoms with Crippen LogP contribution in [0.15, 0.2) is 28.9 Å². The molecule has 0 bridgehead atoms. The number of aromatic nitrogens is 2. The molecule has 18 heavy (non-hydrogen) atoms. The van der Waals surface area contributed by atoms with E-state index in [4.69, 9.17) is 9.26 Å². The Labute approximate surface area is 104 Å². The van der Waals surface area contributed by atoms with Gasteiger partial charge in [0.25, 0.3) is 0 Å². The summed E-state index contributed by atoms with van der Waals surface area (Å²) in [5, 5.41) is 3.67. The molecule has 0 saturated carbocycles. The summed E-state index contributed by atoms with van der Waals surface area (Å²) in [5.41, 5.74) is 2.65. The topological polar surface area (TPSA) is 65.2 Å². The van der Waals surface area contributed by atoms with Gasteiger partial charge in [0.1, 0.15) is 6.10 Å². The van der Waals surface area contributed by atoms with Gasteiger partial charge >= 0.3 is 5.97 Å². The van der Waals surface area contributed by atoms with Gasteiger partial charge in [-0.3, -0.25) is 4.98 Å². The van der Waals surface area contributed by atoms with Crippen molar-refractivity contribution in [3.63, 3.8) is 0 Å². The van der Waals surface area contributed by atoms with Gasteiger partial charge in [0, 0.05) is 12.3 Å². The Bertz CT molecular complexity index is 591. The van der Waals surface area contributed by atoms with Crippen LogP contribution in [0.2, 0.25) is 0 Å². The average molecular weight is 244 g/mol. The molecule has 92 valence electrons. The molecule has 5 nitrogen and oxygen atoms in total. The van der Waals surface area contributed by atoms with Gasteiger partial charge in [-0.15, -0.1) is 0 Å². The van der Waals surface area contributed by atoms with Gasteiger partial charge in [-0.1, -0.05) is 11.2 Å². The fraction of sp³-hybridized carbons (Fsp3) is 0.308. The molecule has 0 aromatic carbocycles. The predicted octanol–water partition coefficient (Wildman–Crippen LogP) is 2.22. The van der Waals surface area contributed by atoms with E-state index in [-0.39, 0.29) is 11.9 Å². The second kappa shape index (κ2) is 4.25. The molecule has 0 unspecified atom stereocenters. The lowest BCUT2D eigenvalue weighted by atomic mass is 10.2. The molecule has 1 aliphatic carbocycles. The lowest BCUT2D eigenvalue weighted by Crippen LogP contribution is -2.09. The molecule has 0 saturated heterocycles. The summed E-state index contributed by atoms with van der Waals surface area (Å²) in [4.78, 5) is 16.1. The maximum absolute atomic E-state index is 11.8. The number of aryl methyl sites for hydroxylation is 2. The molecule has 2 heterocycles. The molecule has 0 N–H and O–H groups in total. The maximum atomic E-state index is 11.8. The van der Waals surface area contributed by atoms with Crippen molar-refractivity contribution in [2.75, 3.05) is 0 Å². The zero-order chi connectivity index (χ0) is 12.5. The van der Waals surface area contributed by atoms with Gasteiger partial charge in [0.2, 0.25) is 5.76 Å². The fourth-order valence-electron chi connectivity index (χ4n) is 2.14. The smallest absolute Gasteiger partial charge is 0.377 e. The van der Waals surface area contributed by atoms with Crippen LogP contribution in [0.25, 0.3) is 0 Å². The van der Waals surface area contributed by atoms with Crippen LogP contribution in [0.5, 0.6) is 0 Å². The van der Waals surface area contributed by atoms with Crippen molar-refractivity contribution < 1.29 is 14.1 Å². The van der Waals surface area contributed by atoms with E-state index in [1.807, 2.05) is 12.1 Å². The second-order valence-electron chi connectivity index (χ2n) is 4.31. The number of fused-ring (bicyclic) bond motifs is 1. The minimum absolute atomic E-state index is 0.136. The minimum atomic E-state index is -0.487. The zero-order valence-electron chi connectivity index (χ0n) is 9.92. The molecule has 0 fully saturated rings. The van der Waals surface area contributed by atoms with Crippen LogP contribution in [0.4, 0.5) is 0 Å². The quantitative estimate of drug-likeness (QED) is 0.758. The Kier molecular flexibility index (Phi) is 2.59. The first-order valence-electron chi connectivity index (χ1n) is 5.82. The van der Waals surface area contributed by atoms with Crippen LogP contribution in [0.1, 0.15) is 40.0 Å². The summed E-state index contributed by atoms with van der Waals surface area (Å²) in [6, 6.07) is 5.47. The van der Waals surface area contributed by atoms with Crippen molar-refractivity contribution in [1.29, 1.82) is 0 Å². The van der Waals surface area contributed by atoms with E-state index >= 15 is 0 Å². The normalized spacial score (nSPS) is 17.5. The number of esters is 1. The van der Waals surface area contributed by atoms with Crippen molar-refractivity contribution in [2.24, 2.45) is 0 Å². The number of carbonyl (C=O) groups excluding carboxylic acids is 1. The van der Waals surface area contributed by atoms with Gasteiger partial charge in [-0.05, 0) is 31.4 Å². The molecule has 1 aliphatic rings. The van der Waals surface area contributed by atoms with Gasteiger partial charge in [0.15, 0.2) is 0 Å². The number of hydrogen-bond donors (Lipinski definition) is 0. The standard InChI is InChI=1S/C13H12N2O3/c1-8-7-11(18-15-8)13(16)17-10-5-4-9-3-2-6-14-12(9)10/h2-3,6-7,10H,4-5H2,1H3/t10-/m1/s1. The largest absolute Gasteiger partial charge is 0.450 e.